The van der Waals surface area contributed by atoms with Gasteiger partial charge in [-0.05, 0) is 43.2 Å². The monoisotopic (exact) mass is 366 g/mol. The van der Waals surface area contributed by atoms with E-state index >= 15 is 0 Å². The molecule has 4 heterocycles. The highest BCUT2D eigenvalue weighted by Crippen LogP contribution is 2.25. The van der Waals surface area contributed by atoms with E-state index in [1.807, 2.05) is 18.2 Å². The maximum absolute atomic E-state index is 12.2. The fourth-order valence-electron chi connectivity index (χ4n) is 3.98. The lowest BCUT2D eigenvalue weighted by atomic mass is 10.2. The number of nitrogens with one attached hydrogen (secondary N) is 1. The lowest BCUT2D eigenvalue weighted by Gasteiger charge is -2.29. The van der Waals surface area contributed by atoms with Gasteiger partial charge in [0.25, 0.3) is 5.91 Å². The number of carbonyl (C=O) groups excluding carboxylic acids is 1. The lowest BCUT2D eigenvalue weighted by molar-refractivity contribution is 0.0636. The van der Waals surface area contributed by atoms with Gasteiger partial charge < -0.3 is 19.0 Å². The van der Waals surface area contributed by atoms with Crippen molar-refractivity contribution in [2.24, 2.45) is 0 Å². The number of aromatic nitrogens is 2. The second-order valence-corrected chi connectivity index (χ2v) is 7.18. The normalized spacial score (nSPS) is 20.1. The molecule has 3 aromatic rings. The van der Waals surface area contributed by atoms with Crippen LogP contribution in [-0.4, -0.2) is 46.2 Å². The van der Waals surface area contributed by atoms with E-state index in [1.54, 1.807) is 12.1 Å². The van der Waals surface area contributed by atoms with Crippen LogP contribution in [0.4, 0.5) is 5.69 Å². The van der Waals surface area contributed by atoms with E-state index in [0.717, 1.165) is 61.8 Å². The Morgan fingerprint density at radius 1 is 1.30 bits per heavy atom. The summed E-state index contributed by atoms with van der Waals surface area (Å²) in [4.78, 5) is 19.4. The molecule has 2 aliphatic rings. The van der Waals surface area contributed by atoms with Gasteiger partial charge in [-0.1, -0.05) is 0 Å². The van der Waals surface area contributed by atoms with Crippen LogP contribution in [-0.2, 0) is 17.8 Å². The first-order valence-electron chi connectivity index (χ1n) is 9.44. The minimum absolute atomic E-state index is 0.258. The van der Waals surface area contributed by atoms with Gasteiger partial charge in [0.05, 0.1) is 29.9 Å². The highest BCUT2D eigenvalue weighted by atomic mass is 16.5. The predicted molar refractivity (Wildman–Crippen MR) is 101 cm³/mol. The predicted octanol–water partition coefficient (Wildman–Crippen LogP) is 2.88. The lowest BCUT2D eigenvalue weighted by Crippen LogP contribution is -2.38. The number of nitrogens with zero attached hydrogens (tertiary/aromatic N) is 3. The van der Waals surface area contributed by atoms with Crippen molar-refractivity contribution in [2.75, 3.05) is 25.0 Å². The molecule has 7 heteroatoms. The number of amides is 1. The largest absolute Gasteiger partial charge is 0.459 e. The number of carbonyl (C=O) groups is 1. The summed E-state index contributed by atoms with van der Waals surface area (Å²) in [7, 11) is 0. The zero-order valence-electron chi connectivity index (χ0n) is 15.1. The van der Waals surface area contributed by atoms with Gasteiger partial charge in [0.1, 0.15) is 5.82 Å². The topological polar surface area (TPSA) is 72.5 Å². The molecule has 2 aromatic heterocycles. The molecule has 5 rings (SSSR count). The number of benzene rings is 1. The number of ether oxygens (including phenoxy) is 1. The van der Waals surface area contributed by atoms with Crippen molar-refractivity contribution < 1.29 is 13.9 Å². The summed E-state index contributed by atoms with van der Waals surface area (Å²) < 4.78 is 13.2. The number of imidazole rings is 1. The van der Waals surface area contributed by atoms with E-state index in [1.165, 1.54) is 12.7 Å². The first-order chi connectivity index (χ1) is 13.3. The molecule has 1 amide bonds. The van der Waals surface area contributed by atoms with Crippen LogP contribution in [0.3, 0.4) is 0 Å². The van der Waals surface area contributed by atoms with E-state index < -0.39 is 0 Å². The molecule has 1 fully saturated rings. The standard InChI is InChI=1S/C20H22N4O3/c25-20(18-4-2-10-27-18)21-14-5-6-17-16(11-14)22-19-13-23(7-8-24(17)19)12-15-3-1-9-26-15/h2,4-6,10-11,15H,1,3,7-9,12-13H2,(H,21,25). The van der Waals surface area contributed by atoms with Crippen molar-refractivity contribution >= 4 is 22.6 Å². The third-order valence-electron chi connectivity index (χ3n) is 5.32. The molecule has 0 aliphatic carbocycles. The van der Waals surface area contributed by atoms with Crippen LogP contribution in [0.2, 0.25) is 0 Å². The van der Waals surface area contributed by atoms with Crippen molar-refractivity contribution in [3.63, 3.8) is 0 Å². The fraction of sp³-hybridized carbons (Fsp3) is 0.400. The second-order valence-electron chi connectivity index (χ2n) is 7.18. The number of anilines is 1. The summed E-state index contributed by atoms with van der Waals surface area (Å²) in [6.07, 6.45) is 4.18. The summed E-state index contributed by atoms with van der Waals surface area (Å²) in [5.41, 5.74) is 2.73. The van der Waals surface area contributed by atoms with Crippen LogP contribution in [0.15, 0.2) is 41.0 Å². The number of fused-ring (bicyclic) bond motifs is 3. The van der Waals surface area contributed by atoms with Gasteiger partial charge in [-0.3, -0.25) is 9.69 Å². The Morgan fingerprint density at radius 2 is 2.26 bits per heavy atom. The summed E-state index contributed by atoms with van der Waals surface area (Å²) in [5, 5.41) is 2.86. The molecular formula is C20H22N4O3. The number of hydrogen-bond donors (Lipinski definition) is 1. The van der Waals surface area contributed by atoms with Crippen molar-refractivity contribution in [2.45, 2.75) is 32.0 Å². The average molecular weight is 366 g/mol. The van der Waals surface area contributed by atoms with Crippen LogP contribution in [0, 0.1) is 0 Å². The summed E-state index contributed by atoms with van der Waals surface area (Å²) >= 11 is 0. The molecule has 140 valence electrons. The van der Waals surface area contributed by atoms with Crippen LogP contribution in [0.5, 0.6) is 0 Å². The van der Waals surface area contributed by atoms with E-state index in [9.17, 15) is 4.79 Å². The molecule has 0 radical (unpaired) electrons. The molecular weight excluding hydrogens is 344 g/mol. The number of rotatable bonds is 4. The highest BCUT2D eigenvalue weighted by molar-refractivity contribution is 6.03. The molecule has 7 nitrogen and oxygen atoms in total. The molecule has 1 aromatic carbocycles. The van der Waals surface area contributed by atoms with E-state index in [4.69, 9.17) is 14.1 Å². The van der Waals surface area contributed by atoms with Gasteiger partial charge in [0.15, 0.2) is 5.76 Å². The van der Waals surface area contributed by atoms with Crippen LogP contribution >= 0.6 is 0 Å². The van der Waals surface area contributed by atoms with Gasteiger partial charge in [0.2, 0.25) is 0 Å². The molecule has 0 spiro atoms. The summed E-state index contributed by atoms with van der Waals surface area (Å²) in [6, 6.07) is 9.21. The summed E-state index contributed by atoms with van der Waals surface area (Å²) in [5.74, 6) is 1.11. The molecule has 2 aliphatic heterocycles. The van der Waals surface area contributed by atoms with Crippen molar-refractivity contribution in [3.8, 4) is 0 Å². The van der Waals surface area contributed by atoms with Gasteiger partial charge in [-0.2, -0.15) is 0 Å². The van der Waals surface area contributed by atoms with Crippen molar-refractivity contribution in [3.05, 3.63) is 48.2 Å². The SMILES string of the molecule is O=C(Nc1ccc2c(c1)nc1n2CCN(CC2CCCO2)C1)c1ccco1. The van der Waals surface area contributed by atoms with Crippen molar-refractivity contribution in [1.82, 2.24) is 14.5 Å². The highest BCUT2D eigenvalue weighted by Gasteiger charge is 2.24. The van der Waals surface area contributed by atoms with Crippen molar-refractivity contribution in [1.29, 1.82) is 0 Å². The molecule has 1 N–H and O–H groups in total. The minimum atomic E-state index is -0.258. The van der Waals surface area contributed by atoms with E-state index in [0.29, 0.717) is 11.9 Å². The Morgan fingerprint density at radius 3 is 3.07 bits per heavy atom. The van der Waals surface area contributed by atoms with Gasteiger partial charge in [0, 0.05) is 31.9 Å². The van der Waals surface area contributed by atoms with Crippen LogP contribution < -0.4 is 5.32 Å². The van der Waals surface area contributed by atoms with Gasteiger partial charge in [-0.15, -0.1) is 0 Å². The summed E-state index contributed by atoms with van der Waals surface area (Å²) in [6.45, 7) is 4.64. The molecule has 1 unspecified atom stereocenters. The molecule has 0 saturated carbocycles. The van der Waals surface area contributed by atoms with Gasteiger partial charge in [-0.25, -0.2) is 4.98 Å². The first kappa shape index (κ1) is 16.5. The quantitative estimate of drug-likeness (QED) is 0.769. The average Bonchev–Trinajstić information content (AvgIpc) is 3.42. The minimum Gasteiger partial charge on any atom is -0.459 e. The Labute approximate surface area is 156 Å². The zero-order chi connectivity index (χ0) is 18.2. The third kappa shape index (κ3) is 3.24. The first-order valence-corrected chi connectivity index (χ1v) is 9.44. The fourth-order valence-corrected chi connectivity index (χ4v) is 3.98. The molecule has 1 atom stereocenters. The Hall–Kier alpha value is -2.64. The third-order valence-corrected chi connectivity index (χ3v) is 5.32. The molecule has 1 saturated heterocycles. The Balaban J connectivity index is 1.34. The number of furan rings is 1. The maximum atomic E-state index is 12.2. The molecule has 0 bridgehead atoms. The number of hydrogen-bond acceptors (Lipinski definition) is 5. The van der Waals surface area contributed by atoms with Crippen LogP contribution in [0.1, 0.15) is 29.2 Å². The second kappa shape index (κ2) is 6.83. The van der Waals surface area contributed by atoms with Gasteiger partial charge >= 0.3 is 0 Å². The maximum Gasteiger partial charge on any atom is 0.291 e. The zero-order valence-corrected chi connectivity index (χ0v) is 15.1. The van der Waals surface area contributed by atoms with E-state index in [2.05, 4.69) is 14.8 Å². The molecule has 27 heavy (non-hydrogen) atoms. The van der Waals surface area contributed by atoms with E-state index in [-0.39, 0.29) is 5.91 Å². The van der Waals surface area contributed by atoms with Crippen LogP contribution in [0.25, 0.3) is 11.0 Å². The Bertz CT molecular complexity index is 957. The Kier molecular flexibility index (Phi) is 4.18. The smallest absolute Gasteiger partial charge is 0.291 e.